The molecule has 0 radical (unpaired) electrons. The van der Waals surface area contributed by atoms with Crippen molar-refractivity contribution in [2.75, 3.05) is 11.9 Å². The predicted molar refractivity (Wildman–Crippen MR) is 81.5 cm³/mol. The molecule has 2 rings (SSSR count). The Morgan fingerprint density at radius 1 is 1.15 bits per heavy atom. The molecule has 2 aromatic rings. The van der Waals surface area contributed by atoms with Crippen LogP contribution in [0.2, 0.25) is 0 Å². The summed E-state index contributed by atoms with van der Waals surface area (Å²) in [5, 5.41) is 3.10. The Morgan fingerprint density at radius 3 is 2.45 bits per heavy atom. The zero-order valence-electron chi connectivity index (χ0n) is 12.5. The van der Waals surface area contributed by atoms with Gasteiger partial charge >= 0.3 is 0 Å². The standard InChI is InChI=1S/C16H21N3O/c1-5-17-16-18-12(4)10-15(19-16)20-14-8-6-13(7-9-14)11(2)3/h6-11H,5H2,1-4H3,(H,17,18,19). The third-order valence-electron chi connectivity index (χ3n) is 2.93. The second-order valence-electron chi connectivity index (χ2n) is 5.03. The molecule has 20 heavy (non-hydrogen) atoms. The lowest BCUT2D eigenvalue weighted by molar-refractivity contribution is 0.461. The van der Waals surface area contributed by atoms with Gasteiger partial charge in [-0.3, -0.25) is 0 Å². The Hall–Kier alpha value is -2.10. The number of rotatable bonds is 5. The van der Waals surface area contributed by atoms with Crippen LogP contribution in [0.1, 0.15) is 37.9 Å². The first-order valence-corrected chi connectivity index (χ1v) is 6.96. The fraction of sp³-hybridized carbons (Fsp3) is 0.375. The smallest absolute Gasteiger partial charge is 0.226 e. The molecule has 0 aliphatic heterocycles. The van der Waals surface area contributed by atoms with Gasteiger partial charge in [0.25, 0.3) is 0 Å². The van der Waals surface area contributed by atoms with Crippen molar-refractivity contribution in [3.05, 3.63) is 41.6 Å². The van der Waals surface area contributed by atoms with Crippen LogP contribution >= 0.6 is 0 Å². The summed E-state index contributed by atoms with van der Waals surface area (Å²) < 4.78 is 5.79. The Morgan fingerprint density at radius 2 is 1.85 bits per heavy atom. The summed E-state index contributed by atoms with van der Waals surface area (Å²) >= 11 is 0. The van der Waals surface area contributed by atoms with Gasteiger partial charge < -0.3 is 10.1 Å². The zero-order chi connectivity index (χ0) is 14.5. The molecule has 0 spiro atoms. The summed E-state index contributed by atoms with van der Waals surface area (Å²) in [6.07, 6.45) is 0. The molecule has 0 atom stereocenters. The normalized spacial score (nSPS) is 10.7. The zero-order valence-corrected chi connectivity index (χ0v) is 12.5. The number of hydrogen-bond acceptors (Lipinski definition) is 4. The number of anilines is 1. The highest BCUT2D eigenvalue weighted by molar-refractivity contribution is 5.35. The van der Waals surface area contributed by atoms with Gasteiger partial charge in [-0.2, -0.15) is 4.98 Å². The average molecular weight is 271 g/mol. The molecule has 0 unspecified atom stereocenters. The van der Waals surface area contributed by atoms with Crippen molar-refractivity contribution in [3.8, 4) is 11.6 Å². The molecular formula is C16H21N3O. The van der Waals surface area contributed by atoms with E-state index < -0.39 is 0 Å². The maximum atomic E-state index is 5.79. The molecule has 0 fully saturated rings. The van der Waals surface area contributed by atoms with Gasteiger partial charge in [-0.05, 0) is 37.5 Å². The fourth-order valence-electron chi connectivity index (χ4n) is 1.87. The quantitative estimate of drug-likeness (QED) is 0.888. The van der Waals surface area contributed by atoms with Gasteiger partial charge in [-0.15, -0.1) is 0 Å². The monoisotopic (exact) mass is 271 g/mol. The number of ether oxygens (including phenoxy) is 1. The van der Waals surface area contributed by atoms with E-state index in [1.54, 1.807) is 0 Å². The minimum absolute atomic E-state index is 0.519. The number of aryl methyl sites for hydroxylation is 1. The molecule has 0 aliphatic rings. The Kier molecular flexibility index (Phi) is 4.56. The van der Waals surface area contributed by atoms with Crippen LogP contribution in [0.5, 0.6) is 11.6 Å². The first-order chi connectivity index (χ1) is 9.58. The molecule has 4 heteroatoms. The second-order valence-corrected chi connectivity index (χ2v) is 5.03. The van der Waals surface area contributed by atoms with E-state index in [9.17, 15) is 0 Å². The predicted octanol–water partition coefficient (Wildman–Crippen LogP) is 4.13. The van der Waals surface area contributed by atoms with Crippen LogP contribution in [-0.2, 0) is 0 Å². The molecule has 0 saturated carbocycles. The highest BCUT2D eigenvalue weighted by Gasteiger charge is 2.05. The summed E-state index contributed by atoms with van der Waals surface area (Å²) in [5.41, 5.74) is 2.18. The van der Waals surface area contributed by atoms with Crippen LogP contribution in [0.4, 0.5) is 5.95 Å². The average Bonchev–Trinajstić information content (AvgIpc) is 2.39. The van der Waals surface area contributed by atoms with E-state index in [-0.39, 0.29) is 0 Å². The molecule has 106 valence electrons. The Labute approximate surface area is 120 Å². The molecule has 0 amide bonds. The van der Waals surface area contributed by atoms with Crippen molar-refractivity contribution in [1.29, 1.82) is 0 Å². The molecule has 1 heterocycles. The van der Waals surface area contributed by atoms with Crippen molar-refractivity contribution in [2.45, 2.75) is 33.6 Å². The number of aromatic nitrogens is 2. The molecule has 0 aliphatic carbocycles. The molecule has 1 aromatic carbocycles. The lowest BCUT2D eigenvalue weighted by atomic mass is 10.0. The van der Waals surface area contributed by atoms with Gasteiger partial charge in [0.1, 0.15) is 5.75 Å². The van der Waals surface area contributed by atoms with Crippen LogP contribution < -0.4 is 10.1 Å². The van der Waals surface area contributed by atoms with Gasteiger partial charge in [0, 0.05) is 18.3 Å². The highest BCUT2D eigenvalue weighted by atomic mass is 16.5. The molecule has 4 nitrogen and oxygen atoms in total. The van der Waals surface area contributed by atoms with Crippen LogP contribution in [0.15, 0.2) is 30.3 Å². The molecule has 1 aromatic heterocycles. The number of nitrogens with zero attached hydrogens (tertiary/aromatic N) is 2. The summed E-state index contributed by atoms with van der Waals surface area (Å²) in [5.74, 6) is 2.47. The summed E-state index contributed by atoms with van der Waals surface area (Å²) in [7, 11) is 0. The number of hydrogen-bond donors (Lipinski definition) is 1. The fourth-order valence-corrected chi connectivity index (χ4v) is 1.87. The lowest BCUT2D eigenvalue weighted by Crippen LogP contribution is -2.04. The SMILES string of the molecule is CCNc1nc(C)cc(Oc2ccc(C(C)C)cc2)n1. The third-order valence-corrected chi connectivity index (χ3v) is 2.93. The first kappa shape index (κ1) is 14.3. The van der Waals surface area contributed by atoms with E-state index in [1.807, 2.05) is 32.0 Å². The molecule has 0 saturated heterocycles. The van der Waals surface area contributed by atoms with E-state index in [2.05, 4.69) is 41.3 Å². The molecule has 0 bridgehead atoms. The first-order valence-electron chi connectivity index (χ1n) is 6.96. The lowest BCUT2D eigenvalue weighted by Gasteiger charge is -2.09. The van der Waals surface area contributed by atoms with Crippen molar-refractivity contribution < 1.29 is 4.74 Å². The van der Waals surface area contributed by atoms with E-state index in [0.29, 0.717) is 17.7 Å². The van der Waals surface area contributed by atoms with Crippen LogP contribution in [0, 0.1) is 6.92 Å². The van der Waals surface area contributed by atoms with E-state index in [4.69, 9.17) is 4.74 Å². The van der Waals surface area contributed by atoms with E-state index in [0.717, 1.165) is 18.0 Å². The Balaban J connectivity index is 2.16. The number of nitrogens with one attached hydrogen (secondary N) is 1. The van der Waals surface area contributed by atoms with E-state index in [1.165, 1.54) is 5.56 Å². The maximum absolute atomic E-state index is 5.79. The highest BCUT2D eigenvalue weighted by Crippen LogP contribution is 2.23. The van der Waals surface area contributed by atoms with Gasteiger partial charge in [0.05, 0.1) is 0 Å². The molecular weight excluding hydrogens is 250 g/mol. The Bertz CT molecular complexity index is 564. The summed E-state index contributed by atoms with van der Waals surface area (Å²) in [6, 6.07) is 9.94. The largest absolute Gasteiger partial charge is 0.439 e. The number of benzene rings is 1. The third kappa shape index (κ3) is 3.70. The van der Waals surface area contributed by atoms with Gasteiger partial charge in [-0.1, -0.05) is 26.0 Å². The topological polar surface area (TPSA) is 47.0 Å². The molecule has 1 N–H and O–H groups in total. The summed E-state index contributed by atoms with van der Waals surface area (Å²) in [4.78, 5) is 8.63. The minimum atomic E-state index is 0.519. The van der Waals surface area contributed by atoms with Crippen molar-refractivity contribution >= 4 is 5.95 Å². The summed E-state index contributed by atoms with van der Waals surface area (Å²) in [6.45, 7) is 9.07. The van der Waals surface area contributed by atoms with Crippen LogP contribution in [0.3, 0.4) is 0 Å². The van der Waals surface area contributed by atoms with Gasteiger partial charge in [0.2, 0.25) is 11.8 Å². The maximum Gasteiger partial charge on any atom is 0.226 e. The van der Waals surface area contributed by atoms with E-state index >= 15 is 0 Å². The van der Waals surface area contributed by atoms with Crippen molar-refractivity contribution in [1.82, 2.24) is 9.97 Å². The van der Waals surface area contributed by atoms with Crippen molar-refractivity contribution in [3.63, 3.8) is 0 Å². The van der Waals surface area contributed by atoms with Crippen LogP contribution in [-0.4, -0.2) is 16.5 Å². The minimum Gasteiger partial charge on any atom is -0.439 e. The van der Waals surface area contributed by atoms with Gasteiger partial charge in [0.15, 0.2) is 0 Å². The van der Waals surface area contributed by atoms with Crippen molar-refractivity contribution in [2.24, 2.45) is 0 Å². The van der Waals surface area contributed by atoms with Crippen LogP contribution in [0.25, 0.3) is 0 Å². The second kappa shape index (κ2) is 6.37. The van der Waals surface area contributed by atoms with Gasteiger partial charge in [-0.25, -0.2) is 4.98 Å².